The molecule has 0 amide bonds. The number of benzene rings is 2. The Balaban J connectivity index is 1.76. The van der Waals surface area contributed by atoms with Gasteiger partial charge in [-0.05, 0) is 66.0 Å². The molecule has 0 saturated heterocycles. The quantitative estimate of drug-likeness (QED) is 0.245. The SMILES string of the molecule is COC(=O)[C@H](C)Oc1cc(Br)c(C=Nn2c(C3CCCCC3)nc3ccc(Br)cc3c2=O)cc1OC. The summed E-state index contributed by atoms with van der Waals surface area (Å²) in [6.07, 6.45) is 6.15. The van der Waals surface area contributed by atoms with Gasteiger partial charge in [-0.2, -0.15) is 9.78 Å². The number of nitrogens with zero attached hydrogens (tertiary/aromatic N) is 3. The predicted molar refractivity (Wildman–Crippen MR) is 145 cm³/mol. The van der Waals surface area contributed by atoms with Crippen LogP contribution in [0.5, 0.6) is 11.5 Å². The second-order valence-corrected chi connectivity index (χ2v) is 10.4. The van der Waals surface area contributed by atoms with Crippen molar-refractivity contribution in [2.24, 2.45) is 5.10 Å². The van der Waals surface area contributed by atoms with E-state index in [0.717, 1.165) is 30.2 Å². The molecule has 0 radical (unpaired) electrons. The van der Waals surface area contributed by atoms with Crippen molar-refractivity contribution >= 4 is 54.9 Å². The van der Waals surface area contributed by atoms with Crippen LogP contribution in [-0.2, 0) is 9.53 Å². The molecule has 2 aromatic carbocycles. The number of aromatic nitrogens is 2. The molecule has 3 aromatic rings. The third kappa shape index (κ3) is 5.64. The van der Waals surface area contributed by atoms with Gasteiger partial charge in [-0.3, -0.25) is 4.79 Å². The van der Waals surface area contributed by atoms with Crippen molar-refractivity contribution in [3.8, 4) is 11.5 Å². The van der Waals surface area contributed by atoms with Crippen LogP contribution in [0.3, 0.4) is 0 Å². The molecule has 190 valence electrons. The largest absolute Gasteiger partial charge is 0.493 e. The highest BCUT2D eigenvalue weighted by Gasteiger charge is 2.23. The van der Waals surface area contributed by atoms with Gasteiger partial charge in [-0.1, -0.05) is 35.2 Å². The molecule has 0 bridgehead atoms. The maximum atomic E-state index is 13.5. The second-order valence-electron chi connectivity index (χ2n) is 8.64. The van der Waals surface area contributed by atoms with Gasteiger partial charge in [-0.25, -0.2) is 9.78 Å². The summed E-state index contributed by atoms with van der Waals surface area (Å²) in [5.74, 6) is 1.14. The highest BCUT2D eigenvalue weighted by Crippen LogP contribution is 2.34. The van der Waals surface area contributed by atoms with E-state index in [1.54, 1.807) is 31.3 Å². The molecule has 1 heterocycles. The Morgan fingerprint density at radius 2 is 1.89 bits per heavy atom. The van der Waals surface area contributed by atoms with Crippen LogP contribution in [0.1, 0.15) is 56.3 Å². The number of fused-ring (bicyclic) bond motifs is 1. The lowest BCUT2D eigenvalue weighted by Gasteiger charge is -2.22. The molecule has 1 fully saturated rings. The standard InChI is InChI=1S/C26H27Br2N3O5/c1-15(26(33)35-3)36-23-13-20(28)17(11-22(23)34-2)14-29-31-24(16-7-5-4-6-8-16)30-21-10-9-18(27)12-19(21)25(31)32/h9-16H,4-8H2,1-3H3/t15-/m0/s1. The Labute approximate surface area is 225 Å². The topological polar surface area (TPSA) is 92.0 Å². The summed E-state index contributed by atoms with van der Waals surface area (Å²) in [5, 5.41) is 5.10. The minimum Gasteiger partial charge on any atom is -0.493 e. The fraction of sp³-hybridized carbons (Fsp3) is 0.385. The summed E-state index contributed by atoms with van der Waals surface area (Å²) >= 11 is 6.99. The number of esters is 1. The fourth-order valence-electron chi connectivity index (χ4n) is 4.33. The molecule has 1 aliphatic carbocycles. The second kappa shape index (κ2) is 11.6. The summed E-state index contributed by atoms with van der Waals surface area (Å²) < 4.78 is 18.8. The number of carbonyl (C=O) groups excluding carboxylic acids is 1. The molecule has 10 heteroatoms. The molecule has 0 spiro atoms. The van der Waals surface area contributed by atoms with Crippen LogP contribution in [0.2, 0.25) is 0 Å². The monoisotopic (exact) mass is 619 g/mol. The van der Waals surface area contributed by atoms with Crippen molar-refractivity contribution in [2.75, 3.05) is 14.2 Å². The average molecular weight is 621 g/mol. The number of carbonyl (C=O) groups is 1. The molecule has 1 aromatic heterocycles. The zero-order chi connectivity index (χ0) is 25.8. The van der Waals surface area contributed by atoms with Gasteiger partial charge < -0.3 is 14.2 Å². The first-order valence-electron chi connectivity index (χ1n) is 11.7. The van der Waals surface area contributed by atoms with Crippen LogP contribution in [0.15, 0.2) is 49.2 Å². The summed E-state index contributed by atoms with van der Waals surface area (Å²) in [5.41, 5.74) is 1.12. The normalized spacial score (nSPS) is 15.2. The van der Waals surface area contributed by atoms with Crippen LogP contribution in [0, 0.1) is 0 Å². The molecule has 1 saturated carbocycles. The van der Waals surface area contributed by atoms with E-state index in [0.29, 0.717) is 38.3 Å². The molecule has 36 heavy (non-hydrogen) atoms. The lowest BCUT2D eigenvalue weighted by Crippen LogP contribution is -2.25. The van der Waals surface area contributed by atoms with Gasteiger partial charge in [0.05, 0.1) is 31.3 Å². The average Bonchev–Trinajstić information content (AvgIpc) is 2.89. The highest BCUT2D eigenvalue weighted by atomic mass is 79.9. The maximum Gasteiger partial charge on any atom is 0.346 e. The van der Waals surface area contributed by atoms with Crippen molar-refractivity contribution in [1.29, 1.82) is 0 Å². The minimum absolute atomic E-state index is 0.171. The Bertz CT molecular complexity index is 1370. The Kier molecular flexibility index (Phi) is 8.46. The first-order chi connectivity index (χ1) is 17.3. The number of ether oxygens (including phenoxy) is 3. The van der Waals surface area contributed by atoms with E-state index >= 15 is 0 Å². The predicted octanol–water partition coefficient (Wildman–Crippen LogP) is 5.80. The van der Waals surface area contributed by atoms with Crippen LogP contribution in [-0.4, -0.2) is 42.2 Å². The van der Waals surface area contributed by atoms with E-state index < -0.39 is 12.1 Å². The van der Waals surface area contributed by atoms with Crippen LogP contribution >= 0.6 is 31.9 Å². The van der Waals surface area contributed by atoms with Gasteiger partial charge in [0, 0.05) is 20.4 Å². The number of rotatable bonds is 7. The lowest BCUT2D eigenvalue weighted by molar-refractivity contribution is -0.147. The molecule has 1 aliphatic rings. The van der Waals surface area contributed by atoms with E-state index in [4.69, 9.17) is 19.2 Å². The molecule has 8 nitrogen and oxygen atoms in total. The van der Waals surface area contributed by atoms with Crippen LogP contribution < -0.4 is 15.0 Å². The van der Waals surface area contributed by atoms with Gasteiger partial charge in [0.2, 0.25) is 0 Å². The van der Waals surface area contributed by atoms with Crippen LogP contribution in [0.4, 0.5) is 0 Å². The Morgan fingerprint density at radius 1 is 1.14 bits per heavy atom. The van der Waals surface area contributed by atoms with E-state index in [1.165, 1.54) is 25.3 Å². The highest BCUT2D eigenvalue weighted by molar-refractivity contribution is 9.10. The first kappa shape index (κ1) is 26.3. The van der Waals surface area contributed by atoms with Crippen molar-refractivity contribution in [3.63, 3.8) is 0 Å². The van der Waals surface area contributed by atoms with Gasteiger partial charge in [0.1, 0.15) is 5.82 Å². The molecular weight excluding hydrogens is 594 g/mol. The van der Waals surface area contributed by atoms with E-state index in [-0.39, 0.29) is 11.5 Å². The summed E-state index contributed by atoms with van der Waals surface area (Å²) in [4.78, 5) is 30.2. The molecule has 0 N–H and O–H groups in total. The van der Waals surface area contributed by atoms with E-state index in [9.17, 15) is 9.59 Å². The maximum absolute atomic E-state index is 13.5. The summed E-state index contributed by atoms with van der Waals surface area (Å²) in [6.45, 7) is 1.60. The lowest BCUT2D eigenvalue weighted by atomic mass is 9.88. The van der Waals surface area contributed by atoms with Gasteiger partial charge in [0.15, 0.2) is 17.6 Å². The number of halogens is 2. The number of hydrogen-bond donors (Lipinski definition) is 0. The van der Waals surface area contributed by atoms with Crippen molar-refractivity contribution in [1.82, 2.24) is 9.66 Å². The Morgan fingerprint density at radius 3 is 2.58 bits per heavy atom. The van der Waals surface area contributed by atoms with E-state index in [1.807, 2.05) is 12.1 Å². The molecule has 0 unspecified atom stereocenters. The zero-order valence-corrected chi connectivity index (χ0v) is 23.5. The third-order valence-electron chi connectivity index (χ3n) is 6.24. The summed E-state index contributed by atoms with van der Waals surface area (Å²) in [6, 6.07) is 8.94. The summed E-state index contributed by atoms with van der Waals surface area (Å²) in [7, 11) is 2.81. The Hall–Kier alpha value is -2.72. The van der Waals surface area contributed by atoms with E-state index in [2.05, 4.69) is 37.0 Å². The van der Waals surface area contributed by atoms with Gasteiger partial charge in [0.25, 0.3) is 5.56 Å². The van der Waals surface area contributed by atoms with Gasteiger partial charge >= 0.3 is 5.97 Å². The van der Waals surface area contributed by atoms with Gasteiger partial charge in [-0.15, -0.1) is 0 Å². The van der Waals surface area contributed by atoms with Crippen molar-refractivity contribution in [3.05, 3.63) is 61.0 Å². The van der Waals surface area contributed by atoms with Crippen LogP contribution in [0.25, 0.3) is 10.9 Å². The molecular formula is C26H27Br2N3O5. The molecule has 1 atom stereocenters. The first-order valence-corrected chi connectivity index (χ1v) is 13.3. The fourth-order valence-corrected chi connectivity index (χ4v) is 5.11. The zero-order valence-electron chi connectivity index (χ0n) is 20.3. The minimum atomic E-state index is -0.810. The smallest absolute Gasteiger partial charge is 0.346 e. The molecule has 4 rings (SSSR count). The number of methoxy groups -OCH3 is 2. The van der Waals surface area contributed by atoms with Crippen molar-refractivity contribution < 1.29 is 19.0 Å². The third-order valence-corrected chi connectivity index (χ3v) is 7.42. The van der Waals surface area contributed by atoms with Crippen molar-refractivity contribution in [2.45, 2.75) is 51.0 Å². The number of hydrogen-bond acceptors (Lipinski definition) is 7. The molecule has 0 aliphatic heterocycles.